The average Bonchev–Trinajstić information content (AvgIpc) is 3.02. The number of rotatable bonds is 8. The van der Waals surface area contributed by atoms with Gasteiger partial charge in [-0.1, -0.05) is 47.7 Å². The van der Waals surface area contributed by atoms with Crippen LogP contribution < -0.4 is 14.8 Å². The monoisotopic (exact) mass is 456 g/mol. The van der Waals surface area contributed by atoms with Crippen LogP contribution in [0.15, 0.2) is 47.4 Å². The predicted octanol–water partition coefficient (Wildman–Crippen LogP) is 4.63. The van der Waals surface area contributed by atoms with Crippen LogP contribution >= 0.6 is 24.0 Å². The Morgan fingerprint density at radius 2 is 1.84 bits per heavy atom. The Labute approximate surface area is 191 Å². The highest BCUT2D eigenvalue weighted by Crippen LogP contribution is 2.34. The van der Waals surface area contributed by atoms with E-state index in [1.165, 1.54) is 11.8 Å². The number of benzene rings is 2. The van der Waals surface area contributed by atoms with E-state index in [4.69, 9.17) is 21.7 Å². The summed E-state index contributed by atoms with van der Waals surface area (Å²) in [5.41, 5.74) is 2.71. The van der Waals surface area contributed by atoms with Crippen molar-refractivity contribution in [2.24, 2.45) is 0 Å². The van der Waals surface area contributed by atoms with Crippen LogP contribution in [0.1, 0.15) is 24.0 Å². The van der Waals surface area contributed by atoms with Gasteiger partial charge in [0, 0.05) is 18.7 Å². The Hall–Kier alpha value is -2.84. The molecule has 2 aromatic carbocycles. The Bertz CT molecular complexity index is 1020. The molecule has 3 rings (SSSR count). The molecule has 1 saturated heterocycles. The zero-order chi connectivity index (χ0) is 22.4. The maximum absolute atomic E-state index is 12.8. The summed E-state index contributed by atoms with van der Waals surface area (Å²) >= 11 is 6.64. The van der Waals surface area contributed by atoms with Crippen molar-refractivity contribution in [1.82, 2.24) is 4.90 Å². The SMILES string of the molecule is COc1ccc(C=C2SC(=S)N(CCCC(=O)Nc3ccc(C)cc3)C2=O)cc1OC. The summed E-state index contributed by atoms with van der Waals surface area (Å²) in [5, 5.41) is 2.86. The summed E-state index contributed by atoms with van der Waals surface area (Å²) in [7, 11) is 3.14. The molecule has 1 heterocycles. The van der Waals surface area contributed by atoms with Gasteiger partial charge in [-0.2, -0.15) is 0 Å². The normalized spacial score (nSPS) is 14.8. The number of carbonyl (C=O) groups is 2. The van der Waals surface area contributed by atoms with E-state index in [0.717, 1.165) is 16.8 Å². The summed E-state index contributed by atoms with van der Waals surface area (Å²) in [5.74, 6) is 0.973. The minimum atomic E-state index is -0.149. The van der Waals surface area contributed by atoms with Crippen molar-refractivity contribution in [2.45, 2.75) is 19.8 Å². The molecule has 1 aliphatic heterocycles. The molecule has 2 amide bonds. The van der Waals surface area contributed by atoms with Gasteiger partial charge in [0.25, 0.3) is 5.91 Å². The molecule has 2 aromatic rings. The number of anilines is 1. The van der Waals surface area contributed by atoms with Crippen molar-refractivity contribution in [2.75, 3.05) is 26.1 Å². The van der Waals surface area contributed by atoms with Crippen molar-refractivity contribution in [1.29, 1.82) is 0 Å². The van der Waals surface area contributed by atoms with E-state index in [0.29, 0.717) is 40.1 Å². The minimum absolute atomic E-state index is 0.0878. The highest BCUT2D eigenvalue weighted by molar-refractivity contribution is 8.26. The van der Waals surface area contributed by atoms with Crippen molar-refractivity contribution in [3.8, 4) is 11.5 Å². The Morgan fingerprint density at radius 1 is 1.13 bits per heavy atom. The van der Waals surface area contributed by atoms with Gasteiger partial charge in [0.1, 0.15) is 4.32 Å². The van der Waals surface area contributed by atoms with E-state index in [1.807, 2.05) is 37.3 Å². The second kappa shape index (κ2) is 10.5. The largest absolute Gasteiger partial charge is 0.493 e. The molecule has 1 N–H and O–H groups in total. The molecule has 0 aliphatic carbocycles. The number of carbonyl (C=O) groups excluding carboxylic acids is 2. The second-order valence-corrected chi connectivity index (χ2v) is 8.64. The first kappa shape index (κ1) is 22.8. The summed E-state index contributed by atoms with van der Waals surface area (Å²) in [6, 6.07) is 13.1. The van der Waals surface area contributed by atoms with Gasteiger partial charge < -0.3 is 14.8 Å². The number of ether oxygens (including phenoxy) is 2. The zero-order valence-electron chi connectivity index (χ0n) is 17.6. The Morgan fingerprint density at radius 3 is 2.52 bits per heavy atom. The summed E-state index contributed by atoms with van der Waals surface area (Å²) in [6.07, 6.45) is 2.61. The van der Waals surface area contributed by atoms with E-state index in [9.17, 15) is 9.59 Å². The molecule has 0 unspecified atom stereocenters. The van der Waals surface area contributed by atoms with Crippen LogP contribution in [-0.4, -0.2) is 41.8 Å². The predicted molar refractivity (Wildman–Crippen MR) is 128 cm³/mol. The van der Waals surface area contributed by atoms with Gasteiger partial charge in [0.05, 0.1) is 19.1 Å². The summed E-state index contributed by atoms with van der Waals surface area (Å²) < 4.78 is 11.1. The van der Waals surface area contributed by atoms with Gasteiger partial charge in [-0.05, 0) is 49.2 Å². The van der Waals surface area contributed by atoms with E-state index >= 15 is 0 Å². The lowest BCUT2D eigenvalue weighted by Crippen LogP contribution is -2.29. The lowest BCUT2D eigenvalue weighted by atomic mass is 10.2. The van der Waals surface area contributed by atoms with E-state index in [2.05, 4.69) is 5.32 Å². The fourth-order valence-electron chi connectivity index (χ4n) is 3.04. The quantitative estimate of drug-likeness (QED) is 0.461. The first-order valence-corrected chi connectivity index (χ1v) is 11.0. The molecule has 162 valence electrons. The second-order valence-electron chi connectivity index (χ2n) is 6.97. The van der Waals surface area contributed by atoms with Gasteiger partial charge in [-0.3, -0.25) is 14.5 Å². The van der Waals surface area contributed by atoms with Crippen molar-refractivity contribution >= 4 is 51.9 Å². The Balaban J connectivity index is 1.57. The van der Waals surface area contributed by atoms with Gasteiger partial charge in [0.2, 0.25) is 5.91 Å². The number of amides is 2. The standard InChI is InChI=1S/C23H24N2O4S2/c1-15-6-9-17(10-7-15)24-21(26)5-4-12-25-22(27)20(31-23(25)30)14-16-8-11-18(28-2)19(13-16)29-3/h6-11,13-14H,4-5,12H2,1-3H3,(H,24,26). The van der Waals surface area contributed by atoms with Crippen LogP contribution in [0.2, 0.25) is 0 Å². The van der Waals surface area contributed by atoms with E-state index in [-0.39, 0.29) is 11.8 Å². The smallest absolute Gasteiger partial charge is 0.266 e. The molecule has 0 bridgehead atoms. The number of methoxy groups -OCH3 is 2. The third-order valence-corrected chi connectivity index (χ3v) is 6.08. The summed E-state index contributed by atoms with van der Waals surface area (Å²) in [4.78, 5) is 27.0. The third kappa shape index (κ3) is 5.86. The number of hydrogen-bond donors (Lipinski definition) is 1. The molecule has 31 heavy (non-hydrogen) atoms. The first-order chi connectivity index (χ1) is 14.9. The third-order valence-electron chi connectivity index (χ3n) is 4.70. The topological polar surface area (TPSA) is 67.9 Å². The summed E-state index contributed by atoms with van der Waals surface area (Å²) in [6.45, 7) is 2.39. The number of hydrogen-bond acceptors (Lipinski definition) is 6. The average molecular weight is 457 g/mol. The molecule has 0 radical (unpaired) electrons. The molecular formula is C23H24N2O4S2. The molecule has 6 nitrogen and oxygen atoms in total. The number of nitrogens with zero attached hydrogens (tertiary/aromatic N) is 1. The first-order valence-electron chi connectivity index (χ1n) is 9.75. The zero-order valence-corrected chi connectivity index (χ0v) is 19.3. The molecule has 8 heteroatoms. The number of aryl methyl sites for hydroxylation is 1. The van der Waals surface area contributed by atoms with Crippen molar-refractivity contribution < 1.29 is 19.1 Å². The van der Waals surface area contributed by atoms with Crippen LogP contribution in [-0.2, 0) is 9.59 Å². The minimum Gasteiger partial charge on any atom is -0.493 e. The molecule has 1 aliphatic rings. The molecule has 0 atom stereocenters. The van der Waals surface area contributed by atoms with Gasteiger partial charge in [-0.25, -0.2) is 0 Å². The molecule has 0 saturated carbocycles. The van der Waals surface area contributed by atoms with E-state index in [1.54, 1.807) is 37.3 Å². The highest BCUT2D eigenvalue weighted by Gasteiger charge is 2.31. The van der Waals surface area contributed by atoms with Crippen molar-refractivity contribution in [3.05, 3.63) is 58.5 Å². The fraction of sp³-hybridized carbons (Fsp3) is 0.261. The number of thiocarbonyl (C=S) groups is 1. The maximum atomic E-state index is 12.8. The van der Waals surface area contributed by atoms with Gasteiger partial charge in [0.15, 0.2) is 11.5 Å². The van der Waals surface area contributed by atoms with Crippen LogP contribution in [0.5, 0.6) is 11.5 Å². The lowest BCUT2D eigenvalue weighted by molar-refractivity contribution is -0.122. The molecular weight excluding hydrogens is 432 g/mol. The van der Waals surface area contributed by atoms with Crippen LogP contribution in [0.3, 0.4) is 0 Å². The Kier molecular flexibility index (Phi) is 7.70. The molecule has 0 aromatic heterocycles. The van der Waals surface area contributed by atoms with Crippen molar-refractivity contribution in [3.63, 3.8) is 0 Å². The van der Waals surface area contributed by atoms with Crippen LogP contribution in [0, 0.1) is 6.92 Å². The number of thioether (sulfide) groups is 1. The van der Waals surface area contributed by atoms with Crippen LogP contribution in [0.4, 0.5) is 5.69 Å². The number of nitrogens with one attached hydrogen (secondary N) is 1. The van der Waals surface area contributed by atoms with Gasteiger partial charge >= 0.3 is 0 Å². The fourth-order valence-corrected chi connectivity index (χ4v) is 4.35. The molecule has 1 fully saturated rings. The lowest BCUT2D eigenvalue weighted by Gasteiger charge is -2.14. The molecule has 0 spiro atoms. The van der Waals surface area contributed by atoms with Gasteiger partial charge in [-0.15, -0.1) is 0 Å². The highest BCUT2D eigenvalue weighted by atomic mass is 32.2. The van der Waals surface area contributed by atoms with Crippen LogP contribution in [0.25, 0.3) is 6.08 Å². The van der Waals surface area contributed by atoms with E-state index < -0.39 is 0 Å². The maximum Gasteiger partial charge on any atom is 0.266 e.